The van der Waals surface area contributed by atoms with Crippen molar-refractivity contribution in [3.8, 4) is 5.88 Å². The summed E-state index contributed by atoms with van der Waals surface area (Å²) in [6, 6.07) is 8.14. The number of carbonyl (C=O) groups excluding carboxylic acids is 1. The van der Waals surface area contributed by atoms with Gasteiger partial charge in [0, 0.05) is 19.1 Å². The Balaban J connectivity index is 1.50. The number of nitrogens with one attached hydrogen (secondary N) is 1. The molecule has 0 unspecified atom stereocenters. The van der Waals surface area contributed by atoms with Gasteiger partial charge in [0.2, 0.25) is 5.91 Å². The van der Waals surface area contributed by atoms with Gasteiger partial charge in [-0.15, -0.1) is 0 Å². The number of piperidine rings is 1. The van der Waals surface area contributed by atoms with Gasteiger partial charge in [0.25, 0.3) is 5.88 Å². The van der Waals surface area contributed by atoms with Crippen LogP contribution < -0.4 is 15.0 Å². The molecule has 28 heavy (non-hydrogen) atoms. The van der Waals surface area contributed by atoms with Crippen LogP contribution in [0.5, 0.6) is 5.88 Å². The maximum Gasteiger partial charge on any atom is 0.257 e. The van der Waals surface area contributed by atoms with E-state index in [1.165, 1.54) is 19.3 Å². The van der Waals surface area contributed by atoms with E-state index in [0.29, 0.717) is 24.4 Å². The quantitative estimate of drug-likeness (QED) is 0.876. The molecule has 1 aliphatic heterocycles. The molecule has 2 fully saturated rings. The number of amides is 1. The van der Waals surface area contributed by atoms with Gasteiger partial charge in [-0.1, -0.05) is 31.9 Å². The molecule has 2 heterocycles. The normalized spacial score (nSPS) is 25.5. The van der Waals surface area contributed by atoms with E-state index >= 15 is 0 Å². The number of nitrogens with zero attached hydrogens (tertiary/aromatic N) is 3. The third kappa shape index (κ3) is 3.91. The number of para-hydroxylation sites is 2. The number of rotatable bonds is 4. The summed E-state index contributed by atoms with van der Waals surface area (Å²) in [5, 5.41) is 3.34. The molecule has 150 valence electrons. The summed E-state index contributed by atoms with van der Waals surface area (Å²) >= 11 is 0. The van der Waals surface area contributed by atoms with Crippen LogP contribution in [0.3, 0.4) is 0 Å². The van der Waals surface area contributed by atoms with Gasteiger partial charge in [0.05, 0.1) is 24.1 Å². The number of hydrogen-bond acceptors (Lipinski definition) is 5. The summed E-state index contributed by atoms with van der Waals surface area (Å²) in [6.45, 7) is 3.79. The molecule has 2 aromatic rings. The molecule has 3 atom stereocenters. The Labute approximate surface area is 166 Å². The lowest BCUT2D eigenvalue weighted by atomic mass is 9.85. The molecule has 0 bridgehead atoms. The molecule has 1 aromatic heterocycles. The van der Waals surface area contributed by atoms with Crippen molar-refractivity contribution in [3.05, 3.63) is 24.3 Å². The van der Waals surface area contributed by atoms with E-state index < -0.39 is 0 Å². The molecule has 4 rings (SSSR count). The summed E-state index contributed by atoms with van der Waals surface area (Å²) in [4.78, 5) is 24.5. The van der Waals surface area contributed by atoms with Gasteiger partial charge in [-0.25, -0.2) is 9.97 Å². The Bertz CT molecular complexity index is 840. The highest BCUT2D eigenvalue weighted by Crippen LogP contribution is 2.31. The number of fused-ring (bicyclic) bond motifs is 1. The fourth-order valence-corrected chi connectivity index (χ4v) is 4.53. The first kappa shape index (κ1) is 19.0. The highest BCUT2D eigenvalue weighted by molar-refractivity contribution is 5.81. The van der Waals surface area contributed by atoms with E-state index in [-0.39, 0.29) is 11.8 Å². The molecule has 0 radical (unpaired) electrons. The Morgan fingerprint density at radius 1 is 1.11 bits per heavy atom. The zero-order chi connectivity index (χ0) is 19.5. The minimum Gasteiger partial charge on any atom is -0.478 e. The van der Waals surface area contributed by atoms with E-state index in [9.17, 15) is 4.79 Å². The van der Waals surface area contributed by atoms with E-state index in [0.717, 1.165) is 42.7 Å². The van der Waals surface area contributed by atoms with Gasteiger partial charge in [-0.2, -0.15) is 0 Å². The van der Waals surface area contributed by atoms with Gasteiger partial charge in [-0.05, 0) is 43.7 Å². The largest absolute Gasteiger partial charge is 0.478 e. The number of anilines is 1. The summed E-state index contributed by atoms with van der Waals surface area (Å²) in [5.74, 6) is 2.02. The molecule has 1 aliphatic carbocycles. The molecule has 1 aromatic carbocycles. The van der Waals surface area contributed by atoms with E-state index in [4.69, 9.17) is 9.72 Å². The molecule has 0 spiro atoms. The lowest BCUT2D eigenvalue weighted by Gasteiger charge is -2.35. The van der Waals surface area contributed by atoms with Crippen molar-refractivity contribution in [3.63, 3.8) is 0 Å². The predicted octanol–water partition coefficient (Wildman–Crippen LogP) is 3.55. The van der Waals surface area contributed by atoms with Crippen LogP contribution in [-0.4, -0.2) is 42.1 Å². The highest BCUT2D eigenvalue weighted by Gasteiger charge is 2.31. The third-order valence-corrected chi connectivity index (χ3v) is 6.25. The minimum atomic E-state index is -0.0131. The summed E-state index contributed by atoms with van der Waals surface area (Å²) < 4.78 is 5.52. The number of carbonyl (C=O) groups is 1. The fraction of sp³-hybridized carbons (Fsp3) is 0.591. The molecule has 1 saturated heterocycles. The molecule has 1 amide bonds. The third-order valence-electron chi connectivity index (χ3n) is 6.25. The second kappa shape index (κ2) is 8.33. The van der Waals surface area contributed by atoms with Crippen LogP contribution in [0.4, 0.5) is 5.82 Å². The molecular weight excluding hydrogens is 352 g/mol. The number of ether oxygens (including phenoxy) is 1. The predicted molar refractivity (Wildman–Crippen MR) is 111 cm³/mol. The van der Waals surface area contributed by atoms with Crippen LogP contribution in [0.25, 0.3) is 11.0 Å². The monoisotopic (exact) mass is 382 g/mol. The summed E-state index contributed by atoms with van der Waals surface area (Å²) in [5.41, 5.74) is 1.67. The van der Waals surface area contributed by atoms with E-state index in [2.05, 4.69) is 22.1 Å². The maximum absolute atomic E-state index is 13.0. The smallest absolute Gasteiger partial charge is 0.257 e. The first-order valence-corrected chi connectivity index (χ1v) is 10.5. The zero-order valence-electron chi connectivity index (χ0n) is 16.9. The molecule has 6 nitrogen and oxygen atoms in total. The highest BCUT2D eigenvalue weighted by atomic mass is 16.5. The first-order valence-electron chi connectivity index (χ1n) is 10.5. The molecule has 6 heteroatoms. The van der Waals surface area contributed by atoms with Crippen LogP contribution >= 0.6 is 0 Å². The maximum atomic E-state index is 13.0. The Kier molecular flexibility index (Phi) is 5.64. The number of hydrogen-bond donors (Lipinski definition) is 1. The van der Waals surface area contributed by atoms with E-state index in [1.54, 1.807) is 7.11 Å². The van der Waals surface area contributed by atoms with Gasteiger partial charge < -0.3 is 15.0 Å². The first-order chi connectivity index (χ1) is 13.7. The average molecular weight is 383 g/mol. The van der Waals surface area contributed by atoms with E-state index in [1.807, 2.05) is 24.3 Å². The lowest BCUT2D eigenvalue weighted by Crippen LogP contribution is -2.48. The second-order valence-electron chi connectivity index (χ2n) is 8.21. The topological polar surface area (TPSA) is 67.4 Å². The second-order valence-corrected chi connectivity index (χ2v) is 8.21. The lowest BCUT2D eigenvalue weighted by molar-refractivity contribution is -0.126. The number of benzene rings is 1. The zero-order valence-corrected chi connectivity index (χ0v) is 16.9. The number of aromatic nitrogens is 2. The van der Waals surface area contributed by atoms with Gasteiger partial charge >= 0.3 is 0 Å². The van der Waals surface area contributed by atoms with Crippen molar-refractivity contribution in [2.45, 2.75) is 51.5 Å². The van der Waals surface area contributed by atoms with Crippen LogP contribution in [-0.2, 0) is 4.79 Å². The summed E-state index contributed by atoms with van der Waals surface area (Å²) in [7, 11) is 1.63. The molecule has 1 N–H and O–H groups in total. The Morgan fingerprint density at radius 3 is 2.61 bits per heavy atom. The van der Waals surface area contributed by atoms with Gasteiger partial charge in [-0.3, -0.25) is 4.79 Å². The van der Waals surface area contributed by atoms with Crippen molar-refractivity contribution in [1.82, 2.24) is 15.3 Å². The van der Waals surface area contributed by atoms with Gasteiger partial charge in [0.1, 0.15) is 0 Å². The Hall–Kier alpha value is -2.37. The SMILES string of the molecule is COc1nc2ccccc2nc1N1CCC[C@H](C(=O)N[C@@H]2CCCC[C@@H]2C)C1. The molecule has 1 saturated carbocycles. The van der Waals surface area contributed by atoms with Crippen molar-refractivity contribution in [2.24, 2.45) is 11.8 Å². The van der Waals surface area contributed by atoms with Crippen LogP contribution in [0.1, 0.15) is 45.4 Å². The number of methoxy groups -OCH3 is 1. The minimum absolute atomic E-state index is 0.0131. The van der Waals surface area contributed by atoms with Crippen LogP contribution in [0.15, 0.2) is 24.3 Å². The standard InChI is InChI=1S/C22H30N4O2/c1-15-8-3-4-10-17(15)24-21(27)16-9-7-13-26(14-16)20-22(28-2)25-19-12-6-5-11-18(19)23-20/h5-6,11-12,15-17H,3-4,7-10,13-14H2,1-2H3,(H,24,27)/t15-,16-,17+/m0/s1. The molecular formula is C22H30N4O2. The average Bonchev–Trinajstić information content (AvgIpc) is 2.74. The van der Waals surface area contributed by atoms with Crippen LogP contribution in [0, 0.1) is 11.8 Å². The van der Waals surface area contributed by atoms with Gasteiger partial charge in [0.15, 0.2) is 5.82 Å². The van der Waals surface area contributed by atoms with Crippen molar-refractivity contribution in [2.75, 3.05) is 25.1 Å². The summed E-state index contributed by atoms with van der Waals surface area (Å²) in [6.07, 6.45) is 6.71. The Morgan fingerprint density at radius 2 is 1.86 bits per heavy atom. The van der Waals surface area contributed by atoms with Crippen LogP contribution in [0.2, 0.25) is 0 Å². The molecule has 2 aliphatic rings. The van der Waals surface area contributed by atoms with Crippen molar-refractivity contribution < 1.29 is 9.53 Å². The van der Waals surface area contributed by atoms with Crippen molar-refractivity contribution in [1.29, 1.82) is 0 Å². The van der Waals surface area contributed by atoms with Crippen molar-refractivity contribution >= 4 is 22.8 Å². The fourth-order valence-electron chi connectivity index (χ4n) is 4.53.